The summed E-state index contributed by atoms with van der Waals surface area (Å²) in [5.74, 6) is -1.11. The van der Waals surface area contributed by atoms with E-state index in [1.165, 1.54) is 11.0 Å². The molecule has 1 aliphatic heterocycles. The molecule has 0 bridgehead atoms. The summed E-state index contributed by atoms with van der Waals surface area (Å²) in [6.07, 6.45) is 0.478. The van der Waals surface area contributed by atoms with Crippen molar-refractivity contribution in [2.45, 2.75) is 38.6 Å². The fourth-order valence-electron chi connectivity index (χ4n) is 4.17. The number of fused-ring (bicyclic) bond motifs is 1. The van der Waals surface area contributed by atoms with Gasteiger partial charge in [-0.05, 0) is 52.8 Å². The highest BCUT2D eigenvalue weighted by Crippen LogP contribution is 2.34. The number of ether oxygens (including phenoxy) is 1. The summed E-state index contributed by atoms with van der Waals surface area (Å²) >= 11 is 0. The Morgan fingerprint density at radius 2 is 1.94 bits per heavy atom. The number of hydrogen-bond acceptors (Lipinski definition) is 5. The molecule has 0 fully saturated rings. The van der Waals surface area contributed by atoms with E-state index in [4.69, 9.17) is 9.26 Å². The van der Waals surface area contributed by atoms with Crippen molar-refractivity contribution in [3.05, 3.63) is 81.1 Å². The van der Waals surface area contributed by atoms with E-state index in [0.717, 1.165) is 11.6 Å². The molecule has 1 aliphatic rings. The van der Waals surface area contributed by atoms with E-state index in [1.807, 2.05) is 26.8 Å². The normalized spacial score (nSPS) is 15.6. The van der Waals surface area contributed by atoms with Gasteiger partial charge in [-0.3, -0.25) is 14.4 Å². The Bertz CT molecular complexity index is 1300. The lowest BCUT2D eigenvalue weighted by Crippen LogP contribution is -2.45. The molecule has 0 radical (unpaired) electrons. The molecular formula is C25H26FN3O5. The van der Waals surface area contributed by atoms with Gasteiger partial charge in [-0.25, -0.2) is 4.39 Å². The van der Waals surface area contributed by atoms with Crippen LogP contribution in [0.5, 0.6) is 5.75 Å². The molecule has 4 rings (SSSR count). The average molecular weight is 467 g/mol. The van der Waals surface area contributed by atoms with Gasteiger partial charge in [0.05, 0.1) is 13.2 Å². The highest BCUT2D eigenvalue weighted by atomic mass is 19.1. The summed E-state index contributed by atoms with van der Waals surface area (Å²) < 4.78 is 25.0. The number of H-pyrrole nitrogens is 1. The monoisotopic (exact) mass is 467 g/mol. The quantitative estimate of drug-likeness (QED) is 0.608. The average Bonchev–Trinajstić information content (AvgIpc) is 3.22. The van der Waals surface area contributed by atoms with Crippen LogP contribution in [0.4, 0.5) is 10.1 Å². The molecule has 0 saturated heterocycles. The fourth-order valence-corrected chi connectivity index (χ4v) is 4.17. The van der Waals surface area contributed by atoms with Crippen LogP contribution < -0.4 is 15.6 Å². The van der Waals surface area contributed by atoms with Crippen LogP contribution in [0.1, 0.15) is 54.1 Å². The zero-order valence-corrected chi connectivity index (χ0v) is 19.4. The van der Waals surface area contributed by atoms with Crippen LogP contribution in [0, 0.1) is 5.82 Å². The van der Waals surface area contributed by atoms with Gasteiger partial charge in [0, 0.05) is 12.2 Å². The third-order valence-corrected chi connectivity index (χ3v) is 5.87. The van der Waals surface area contributed by atoms with Gasteiger partial charge in [0.2, 0.25) is 5.76 Å². The standard InChI is InChI=1S/C25H26FN3O5/c1-25(2,3)18-8-5-15(12-19(18)26)27-23(31)22-17-7-6-16(33-4)11-14(17)9-10-29(22)24(32)20-13-21(30)28-34-20/h5-8,11-13,22H,9-10H2,1-4H3,(H,27,31)(H,28,30)/t22-/m0/s1. The molecule has 2 aromatic carbocycles. The van der Waals surface area contributed by atoms with Gasteiger partial charge < -0.3 is 19.5 Å². The molecule has 2 amide bonds. The summed E-state index contributed by atoms with van der Waals surface area (Å²) in [5.41, 5.74) is 1.32. The van der Waals surface area contributed by atoms with Gasteiger partial charge >= 0.3 is 0 Å². The third-order valence-electron chi connectivity index (χ3n) is 5.87. The number of hydrogen-bond donors (Lipinski definition) is 2. The van der Waals surface area contributed by atoms with Crippen molar-refractivity contribution in [3.63, 3.8) is 0 Å². The maximum absolute atomic E-state index is 14.7. The van der Waals surface area contributed by atoms with E-state index in [2.05, 4.69) is 10.5 Å². The van der Waals surface area contributed by atoms with Gasteiger partial charge in [-0.1, -0.05) is 32.9 Å². The van der Waals surface area contributed by atoms with Crippen molar-refractivity contribution < 1.29 is 23.2 Å². The molecule has 178 valence electrons. The lowest BCUT2D eigenvalue weighted by atomic mass is 9.86. The molecule has 0 saturated carbocycles. The minimum Gasteiger partial charge on any atom is -0.497 e. The van der Waals surface area contributed by atoms with E-state index >= 15 is 0 Å². The van der Waals surface area contributed by atoms with Crippen LogP contribution in [-0.4, -0.2) is 35.5 Å². The molecule has 0 unspecified atom stereocenters. The first-order chi connectivity index (χ1) is 16.1. The van der Waals surface area contributed by atoms with Gasteiger partial charge in [-0.15, -0.1) is 0 Å². The third kappa shape index (κ3) is 4.46. The molecule has 2 N–H and O–H groups in total. The van der Waals surface area contributed by atoms with Gasteiger partial charge in [0.1, 0.15) is 17.6 Å². The molecule has 1 aromatic heterocycles. The van der Waals surface area contributed by atoms with Crippen LogP contribution in [-0.2, 0) is 16.6 Å². The fraction of sp³-hybridized carbons (Fsp3) is 0.320. The number of benzene rings is 2. The van der Waals surface area contributed by atoms with Gasteiger partial charge in [0.15, 0.2) is 0 Å². The van der Waals surface area contributed by atoms with Crippen molar-refractivity contribution in [1.82, 2.24) is 10.1 Å². The molecule has 2 heterocycles. The van der Waals surface area contributed by atoms with E-state index in [0.29, 0.717) is 23.3 Å². The lowest BCUT2D eigenvalue weighted by Gasteiger charge is -2.36. The van der Waals surface area contributed by atoms with Crippen molar-refractivity contribution >= 4 is 17.5 Å². The number of halogens is 1. The van der Waals surface area contributed by atoms with E-state index in [-0.39, 0.29) is 18.0 Å². The number of rotatable bonds is 4. The number of anilines is 1. The second kappa shape index (κ2) is 8.81. The molecular weight excluding hydrogens is 441 g/mol. The van der Waals surface area contributed by atoms with Crippen molar-refractivity contribution in [2.75, 3.05) is 19.0 Å². The first-order valence-corrected chi connectivity index (χ1v) is 10.9. The molecule has 34 heavy (non-hydrogen) atoms. The lowest BCUT2D eigenvalue weighted by molar-refractivity contribution is -0.121. The van der Waals surface area contributed by atoms with Gasteiger partial charge in [0.25, 0.3) is 17.4 Å². The molecule has 0 spiro atoms. The molecule has 8 nitrogen and oxygen atoms in total. The van der Waals surface area contributed by atoms with Crippen molar-refractivity contribution in [2.24, 2.45) is 0 Å². The zero-order valence-electron chi connectivity index (χ0n) is 19.4. The second-order valence-electron chi connectivity index (χ2n) is 9.23. The van der Waals surface area contributed by atoms with Crippen LogP contribution in [0.2, 0.25) is 0 Å². The Hall–Kier alpha value is -3.88. The van der Waals surface area contributed by atoms with E-state index in [9.17, 15) is 18.8 Å². The Morgan fingerprint density at radius 3 is 2.56 bits per heavy atom. The van der Waals surface area contributed by atoms with Crippen molar-refractivity contribution in [1.29, 1.82) is 0 Å². The number of methoxy groups -OCH3 is 1. The minimum atomic E-state index is -1.02. The number of carbonyl (C=O) groups excluding carboxylic acids is 2. The van der Waals surface area contributed by atoms with Crippen LogP contribution in [0.25, 0.3) is 0 Å². The number of amides is 2. The van der Waals surface area contributed by atoms with Crippen LogP contribution in [0.3, 0.4) is 0 Å². The molecule has 9 heteroatoms. The van der Waals surface area contributed by atoms with Crippen LogP contribution >= 0.6 is 0 Å². The molecule has 1 atom stereocenters. The summed E-state index contributed by atoms with van der Waals surface area (Å²) in [7, 11) is 1.55. The molecule has 3 aromatic rings. The predicted molar refractivity (Wildman–Crippen MR) is 124 cm³/mol. The Kier molecular flexibility index (Phi) is 6.03. The first-order valence-electron chi connectivity index (χ1n) is 10.9. The van der Waals surface area contributed by atoms with E-state index < -0.39 is 34.6 Å². The Balaban J connectivity index is 1.70. The SMILES string of the molecule is COc1ccc2c(c1)CCN(C(=O)c1cc(=O)[nH]o1)[C@@H]2C(=O)Nc1ccc(C(C)(C)C)c(F)c1. The number of nitrogens with zero attached hydrogens (tertiary/aromatic N) is 1. The Labute approximate surface area is 195 Å². The number of aromatic amines is 1. The first kappa shape index (κ1) is 23.3. The zero-order chi connectivity index (χ0) is 24.6. The largest absolute Gasteiger partial charge is 0.497 e. The Morgan fingerprint density at radius 1 is 1.18 bits per heavy atom. The maximum Gasteiger partial charge on any atom is 0.293 e. The predicted octanol–water partition coefficient (Wildman–Crippen LogP) is 3.79. The molecule has 0 aliphatic carbocycles. The highest BCUT2D eigenvalue weighted by molar-refractivity contribution is 6.01. The van der Waals surface area contributed by atoms with E-state index in [1.54, 1.807) is 31.4 Å². The summed E-state index contributed by atoms with van der Waals surface area (Å²) in [4.78, 5) is 39.4. The number of carbonyl (C=O) groups is 2. The summed E-state index contributed by atoms with van der Waals surface area (Å²) in [5, 5.41) is 4.83. The number of nitrogens with one attached hydrogen (secondary N) is 2. The van der Waals surface area contributed by atoms with Gasteiger partial charge in [-0.2, -0.15) is 5.16 Å². The highest BCUT2D eigenvalue weighted by Gasteiger charge is 2.38. The minimum absolute atomic E-state index is 0.194. The topological polar surface area (TPSA) is 105 Å². The van der Waals surface area contributed by atoms with Crippen molar-refractivity contribution in [3.8, 4) is 5.75 Å². The summed E-state index contributed by atoms with van der Waals surface area (Å²) in [6, 6.07) is 9.84. The summed E-state index contributed by atoms with van der Waals surface area (Å²) in [6.45, 7) is 5.92. The van der Waals surface area contributed by atoms with Crippen LogP contribution in [0.15, 0.2) is 51.8 Å². The second-order valence-corrected chi connectivity index (χ2v) is 9.23. The smallest absolute Gasteiger partial charge is 0.293 e. The number of aromatic nitrogens is 1. The maximum atomic E-state index is 14.7.